The van der Waals surface area contributed by atoms with E-state index in [1.165, 1.54) is 0 Å². The van der Waals surface area contributed by atoms with Crippen molar-refractivity contribution in [3.05, 3.63) is 21.7 Å². The summed E-state index contributed by atoms with van der Waals surface area (Å²) >= 11 is 0. The predicted octanol–water partition coefficient (Wildman–Crippen LogP) is 0.599. The molecule has 1 aliphatic heterocycles. The van der Waals surface area contributed by atoms with Crippen LogP contribution >= 0.6 is 0 Å². The third-order valence-electron chi connectivity index (χ3n) is 2.78. The molecule has 0 aromatic carbocycles. The van der Waals surface area contributed by atoms with Gasteiger partial charge in [-0.2, -0.15) is 4.98 Å². The first-order valence-electron chi connectivity index (χ1n) is 5.21. The highest BCUT2D eigenvalue weighted by Crippen LogP contribution is 2.20. The Kier molecular flexibility index (Phi) is 2.73. The monoisotopic (exact) mass is 209 g/mol. The van der Waals surface area contributed by atoms with E-state index in [-0.39, 0.29) is 23.0 Å². The van der Waals surface area contributed by atoms with Gasteiger partial charge in [0.2, 0.25) is 5.88 Å². The molecule has 1 unspecified atom stereocenters. The summed E-state index contributed by atoms with van der Waals surface area (Å²) in [6.45, 7) is 2.49. The Labute approximate surface area is 87.6 Å². The third kappa shape index (κ3) is 2.02. The van der Waals surface area contributed by atoms with Crippen LogP contribution in [-0.4, -0.2) is 21.6 Å². The molecule has 1 fully saturated rings. The van der Waals surface area contributed by atoms with Crippen LogP contribution in [0.1, 0.15) is 36.7 Å². The van der Waals surface area contributed by atoms with Gasteiger partial charge in [-0.3, -0.25) is 4.79 Å². The number of aromatic nitrogens is 2. The van der Waals surface area contributed by atoms with Crippen LogP contribution in [0.25, 0.3) is 0 Å². The van der Waals surface area contributed by atoms with E-state index in [4.69, 9.17) is 0 Å². The number of nitrogens with one attached hydrogen (secondary N) is 2. The Balaban J connectivity index is 2.32. The van der Waals surface area contributed by atoms with Gasteiger partial charge in [0, 0.05) is 0 Å². The molecule has 1 saturated heterocycles. The minimum Gasteiger partial charge on any atom is -0.493 e. The van der Waals surface area contributed by atoms with Gasteiger partial charge in [0.05, 0.1) is 11.6 Å². The zero-order valence-corrected chi connectivity index (χ0v) is 8.71. The van der Waals surface area contributed by atoms with Gasteiger partial charge in [-0.25, -0.2) is 0 Å². The van der Waals surface area contributed by atoms with Gasteiger partial charge in [-0.05, 0) is 26.3 Å². The van der Waals surface area contributed by atoms with E-state index in [0.29, 0.717) is 5.82 Å². The number of hydrogen-bond donors (Lipinski definition) is 3. The molecule has 0 amide bonds. The molecule has 5 nitrogen and oxygen atoms in total. The van der Waals surface area contributed by atoms with Crippen LogP contribution in [0.5, 0.6) is 5.88 Å². The fourth-order valence-electron chi connectivity index (χ4n) is 1.79. The van der Waals surface area contributed by atoms with Gasteiger partial charge < -0.3 is 15.4 Å². The van der Waals surface area contributed by atoms with Gasteiger partial charge in [0.25, 0.3) is 5.56 Å². The number of nitrogens with zero attached hydrogens (tertiary/aromatic N) is 1. The number of hydrogen-bond acceptors (Lipinski definition) is 4. The molecule has 0 aliphatic carbocycles. The van der Waals surface area contributed by atoms with Gasteiger partial charge in [0.15, 0.2) is 0 Å². The molecule has 3 N–H and O–H groups in total. The summed E-state index contributed by atoms with van der Waals surface area (Å²) < 4.78 is 0. The second-order valence-electron chi connectivity index (χ2n) is 3.90. The number of aromatic amines is 1. The molecule has 15 heavy (non-hydrogen) atoms. The normalized spacial score (nSPS) is 21.5. The van der Waals surface area contributed by atoms with Crippen LogP contribution in [0.15, 0.2) is 4.79 Å². The Morgan fingerprint density at radius 1 is 1.47 bits per heavy atom. The van der Waals surface area contributed by atoms with Crippen LogP contribution in [-0.2, 0) is 0 Å². The van der Waals surface area contributed by atoms with E-state index >= 15 is 0 Å². The van der Waals surface area contributed by atoms with Crippen molar-refractivity contribution in [1.29, 1.82) is 0 Å². The van der Waals surface area contributed by atoms with Crippen molar-refractivity contribution in [3.63, 3.8) is 0 Å². The fraction of sp³-hybridized carbons (Fsp3) is 0.600. The molecule has 1 aromatic heterocycles. The number of piperidine rings is 1. The van der Waals surface area contributed by atoms with Crippen molar-refractivity contribution < 1.29 is 5.11 Å². The second kappa shape index (κ2) is 4.02. The number of rotatable bonds is 1. The molecule has 2 rings (SSSR count). The minimum atomic E-state index is -0.259. The van der Waals surface area contributed by atoms with Crippen molar-refractivity contribution in [2.45, 2.75) is 32.2 Å². The highest BCUT2D eigenvalue weighted by atomic mass is 16.3. The van der Waals surface area contributed by atoms with Crippen LogP contribution in [0.3, 0.4) is 0 Å². The molecular formula is C10H15N3O2. The summed E-state index contributed by atoms with van der Waals surface area (Å²) in [7, 11) is 0. The quantitative estimate of drug-likeness (QED) is 0.633. The molecule has 5 heteroatoms. The summed E-state index contributed by atoms with van der Waals surface area (Å²) in [5.41, 5.74) is 0.0134. The summed E-state index contributed by atoms with van der Waals surface area (Å²) in [5.74, 6) is 0.379. The van der Waals surface area contributed by atoms with Crippen molar-refractivity contribution in [2.75, 3.05) is 6.54 Å². The van der Waals surface area contributed by atoms with E-state index in [2.05, 4.69) is 15.3 Å². The molecule has 0 saturated carbocycles. The number of aromatic hydroxyl groups is 1. The first kappa shape index (κ1) is 10.2. The smallest absolute Gasteiger partial charge is 0.257 e. The van der Waals surface area contributed by atoms with E-state index in [9.17, 15) is 9.90 Å². The molecule has 0 bridgehead atoms. The average molecular weight is 209 g/mol. The van der Waals surface area contributed by atoms with Crippen LogP contribution in [0, 0.1) is 6.92 Å². The van der Waals surface area contributed by atoms with Crippen molar-refractivity contribution in [1.82, 2.24) is 15.3 Å². The highest BCUT2D eigenvalue weighted by Gasteiger charge is 2.18. The Morgan fingerprint density at radius 2 is 2.27 bits per heavy atom. The third-order valence-corrected chi connectivity index (χ3v) is 2.78. The molecule has 0 spiro atoms. The van der Waals surface area contributed by atoms with Crippen LogP contribution in [0.2, 0.25) is 0 Å². The second-order valence-corrected chi connectivity index (χ2v) is 3.90. The predicted molar refractivity (Wildman–Crippen MR) is 55.9 cm³/mol. The van der Waals surface area contributed by atoms with Crippen molar-refractivity contribution in [2.24, 2.45) is 0 Å². The van der Waals surface area contributed by atoms with Crippen molar-refractivity contribution in [3.8, 4) is 5.88 Å². The summed E-state index contributed by atoms with van der Waals surface area (Å²) in [6.07, 6.45) is 3.22. The number of H-pyrrole nitrogens is 1. The van der Waals surface area contributed by atoms with Crippen molar-refractivity contribution >= 4 is 0 Å². The van der Waals surface area contributed by atoms with Gasteiger partial charge in [0.1, 0.15) is 5.82 Å². The zero-order chi connectivity index (χ0) is 10.8. The van der Waals surface area contributed by atoms with E-state index in [1.54, 1.807) is 6.92 Å². The molecule has 1 aliphatic rings. The Hall–Kier alpha value is -1.36. The maximum Gasteiger partial charge on any atom is 0.257 e. The zero-order valence-electron chi connectivity index (χ0n) is 8.71. The molecule has 2 heterocycles. The molecule has 1 atom stereocenters. The van der Waals surface area contributed by atoms with Gasteiger partial charge >= 0.3 is 0 Å². The fourth-order valence-corrected chi connectivity index (χ4v) is 1.79. The van der Waals surface area contributed by atoms with E-state index in [0.717, 1.165) is 25.8 Å². The van der Waals surface area contributed by atoms with Crippen LogP contribution in [0.4, 0.5) is 0 Å². The lowest BCUT2D eigenvalue weighted by molar-refractivity contribution is 0.383. The first-order chi connectivity index (χ1) is 7.18. The summed E-state index contributed by atoms with van der Waals surface area (Å²) in [4.78, 5) is 18.1. The lowest BCUT2D eigenvalue weighted by Crippen LogP contribution is -2.30. The molecule has 1 aromatic rings. The van der Waals surface area contributed by atoms with Gasteiger partial charge in [-0.15, -0.1) is 0 Å². The van der Waals surface area contributed by atoms with E-state index in [1.807, 2.05) is 0 Å². The highest BCUT2D eigenvalue weighted by molar-refractivity contribution is 5.21. The maximum atomic E-state index is 11.4. The largest absolute Gasteiger partial charge is 0.493 e. The molecular weight excluding hydrogens is 194 g/mol. The Bertz CT molecular complexity index is 408. The van der Waals surface area contributed by atoms with Crippen LogP contribution < -0.4 is 10.9 Å². The SMILES string of the molecule is Cc1c(O)nc(C2CCCCN2)[nH]c1=O. The Morgan fingerprint density at radius 3 is 2.87 bits per heavy atom. The summed E-state index contributed by atoms with van der Waals surface area (Å²) in [6, 6.07) is 0.0675. The molecule has 0 radical (unpaired) electrons. The summed E-state index contributed by atoms with van der Waals surface area (Å²) in [5, 5.41) is 12.7. The van der Waals surface area contributed by atoms with E-state index < -0.39 is 0 Å². The lowest BCUT2D eigenvalue weighted by Gasteiger charge is -2.22. The first-order valence-corrected chi connectivity index (χ1v) is 5.21. The lowest BCUT2D eigenvalue weighted by atomic mass is 10.0. The topological polar surface area (TPSA) is 78.0 Å². The maximum absolute atomic E-state index is 11.4. The average Bonchev–Trinajstić information content (AvgIpc) is 2.26. The standard InChI is InChI=1S/C10H15N3O2/c1-6-9(14)12-8(13-10(6)15)7-4-2-3-5-11-7/h7,11H,2-5H2,1H3,(H2,12,13,14,15). The van der Waals surface area contributed by atoms with Gasteiger partial charge in [-0.1, -0.05) is 6.42 Å². The molecule has 82 valence electrons. The minimum absolute atomic E-state index is 0.0675.